The molecule has 27 heavy (non-hydrogen) atoms. The van der Waals surface area contributed by atoms with Gasteiger partial charge in [-0.2, -0.15) is 5.10 Å². The average molecular weight is 363 g/mol. The molecule has 1 aliphatic carbocycles. The number of fused-ring (bicyclic) bond motifs is 1. The SMILES string of the molecule is CN(CCC1CCCc2c1cnn2-c1ccc(F)cc1)Cc1ccccc1. The van der Waals surface area contributed by atoms with Crippen LogP contribution >= 0.6 is 0 Å². The summed E-state index contributed by atoms with van der Waals surface area (Å²) in [4.78, 5) is 2.40. The maximum Gasteiger partial charge on any atom is 0.123 e. The molecule has 4 rings (SSSR count). The molecule has 1 aromatic heterocycles. The Morgan fingerprint density at radius 2 is 1.89 bits per heavy atom. The molecule has 1 heterocycles. The zero-order chi connectivity index (χ0) is 18.6. The molecule has 1 unspecified atom stereocenters. The van der Waals surface area contributed by atoms with Crippen molar-refractivity contribution in [2.75, 3.05) is 13.6 Å². The first-order valence-electron chi connectivity index (χ1n) is 9.76. The van der Waals surface area contributed by atoms with Gasteiger partial charge in [-0.1, -0.05) is 30.3 Å². The van der Waals surface area contributed by atoms with Crippen LogP contribution in [0.3, 0.4) is 0 Å². The van der Waals surface area contributed by atoms with Crippen molar-refractivity contribution in [3.05, 3.63) is 83.4 Å². The van der Waals surface area contributed by atoms with Crippen LogP contribution in [0.2, 0.25) is 0 Å². The molecule has 0 fully saturated rings. The summed E-state index contributed by atoms with van der Waals surface area (Å²) in [6.45, 7) is 2.05. The number of hydrogen-bond donors (Lipinski definition) is 0. The monoisotopic (exact) mass is 363 g/mol. The number of rotatable bonds is 6. The van der Waals surface area contributed by atoms with Crippen molar-refractivity contribution in [1.82, 2.24) is 14.7 Å². The molecule has 3 aromatic rings. The highest BCUT2D eigenvalue weighted by Gasteiger charge is 2.24. The van der Waals surface area contributed by atoms with Crippen LogP contribution in [-0.2, 0) is 13.0 Å². The molecule has 0 bridgehead atoms. The van der Waals surface area contributed by atoms with E-state index in [1.54, 1.807) is 12.1 Å². The predicted molar refractivity (Wildman–Crippen MR) is 107 cm³/mol. The summed E-state index contributed by atoms with van der Waals surface area (Å²) in [5, 5.41) is 4.62. The van der Waals surface area contributed by atoms with Gasteiger partial charge in [-0.25, -0.2) is 9.07 Å². The molecule has 140 valence electrons. The van der Waals surface area contributed by atoms with Gasteiger partial charge >= 0.3 is 0 Å². The summed E-state index contributed by atoms with van der Waals surface area (Å²) in [6, 6.07) is 17.2. The fraction of sp³-hybridized carbons (Fsp3) is 0.348. The summed E-state index contributed by atoms with van der Waals surface area (Å²) >= 11 is 0. The molecule has 1 atom stereocenters. The predicted octanol–water partition coefficient (Wildman–Crippen LogP) is 4.95. The van der Waals surface area contributed by atoms with E-state index in [2.05, 4.69) is 47.4 Å². The van der Waals surface area contributed by atoms with Gasteiger partial charge < -0.3 is 4.90 Å². The van der Waals surface area contributed by atoms with Crippen molar-refractivity contribution in [2.24, 2.45) is 0 Å². The third-order valence-electron chi connectivity index (χ3n) is 5.53. The van der Waals surface area contributed by atoms with Crippen LogP contribution in [0.25, 0.3) is 5.69 Å². The third-order valence-corrected chi connectivity index (χ3v) is 5.53. The van der Waals surface area contributed by atoms with Gasteiger partial charge in [0.2, 0.25) is 0 Å². The topological polar surface area (TPSA) is 21.1 Å². The molecule has 0 saturated carbocycles. The van der Waals surface area contributed by atoms with E-state index in [1.807, 2.05) is 10.9 Å². The normalized spacial score (nSPS) is 16.5. The smallest absolute Gasteiger partial charge is 0.123 e. The van der Waals surface area contributed by atoms with Crippen LogP contribution < -0.4 is 0 Å². The molecule has 0 saturated heterocycles. The third kappa shape index (κ3) is 4.11. The Labute approximate surface area is 160 Å². The second-order valence-electron chi connectivity index (χ2n) is 7.54. The number of benzene rings is 2. The Morgan fingerprint density at radius 1 is 1.11 bits per heavy atom. The quantitative estimate of drug-likeness (QED) is 0.618. The molecule has 2 aromatic carbocycles. The van der Waals surface area contributed by atoms with Crippen molar-refractivity contribution in [3.63, 3.8) is 0 Å². The Hall–Kier alpha value is -2.46. The van der Waals surface area contributed by atoms with E-state index in [0.29, 0.717) is 5.92 Å². The van der Waals surface area contributed by atoms with Crippen LogP contribution in [0, 0.1) is 5.82 Å². The lowest BCUT2D eigenvalue weighted by molar-refractivity contribution is 0.304. The highest BCUT2D eigenvalue weighted by molar-refractivity contribution is 5.37. The first kappa shape index (κ1) is 17.9. The molecule has 4 heteroatoms. The number of halogens is 1. The summed E-state index contributed by atoms with van der Waals surface area (Å²) in [5.74, 6) is 0.347. The van der Waals surface area contributed by atoms with Crippen LogP contribution in [0.5, 0.6) is 0 Å². The lowest BCUT2D eigenvalue weighted by Gasteiger charge is -2.25. The van der Waals surface area contributed by atoms with E-state index in [-0.39, 0.29) is 5.82 Å². The second kappa shape index (κ2) is 8.05. The maximum atomic E-state index is 13.2. The van der Waals surface area contributed by atoms with Gasteiger partial charge in [0, 0.05) is 12.2 Å². The Balaban J connectivity index is 1.43. The van der Waals surface area contributed by atoms with E-state index in [0.717, 1.165) is 31.6 Å². The minimum absolute atomic E-state index is 0.209. The maximum absolute atomic E-state index is 13.2. The van der Waals surface area contributed by atoms with Gasteiger partial charge in [-0.05, 0) is 80.6 Å². The van der Waals surface area contributed by atoms with Gasteiger partial charge in [0.1, 0.15) is 5.82 Å². The Morgan fingerprint density at radius 3 is 2.67 bits per heavy atom. The van der Waals surface area contributed by atoms with Crippen molar-refractivity contribution in [1.29, 1.82) is 0 Å². The molecular formula is C23H26FN3. The minimum atomic E-state index is -0.209. The second-order valence-corrected chi connectivity index (χ2v) is 7.54. The van der Waals surface area contributed by atoms with Gasteiger partial charge in [0.15, 0.2) is 0 Å². The summed E-state index contributed by atoms with van der Waals surface area (Å²) in [6.07, 6.45) is 6.63. The summed E-state index contributed by atoms with van der Waals surface area (Å²) in [5.41, 5.74) is 4.97. The molecule has 1 aliphatic rings. The zero-order valence-corrected chi connectivity index (χ0v) is 15.8. The number of hydrogen-bond acceptors (Lipinski definition) is 2. The van der Waals surface area contributed by atoms with Crippen LogP contribution in [0.1, 0.15) is 42.0 Å². The first-order chi connectivity index (χ1) is 13.2. The lowest BCUT2D eigenvalue weighted by Crippen LogP contribution is -2.22. The molecule has 3 nitrogen and oxygen atoms in total. The molecule has 0 aliphatic heterocycles. The van der Waals surface area contributed by atoms with E-state index >= 15 is 0 Å². The Kier molecular flexibility index (Phi) is 5.35. The van der Waals surface area contributed by atoms with Crippen molar-refractivity contribution in [3.8, 4) is 5.69 Å². The first-order valence-corrected chi connectivity index (χ1v) is 9.76. The van der Waals surface area contributed by atoms with E-state index in [4.69, 9.17) is 0 Å². The fourth-order valence-electron chi connectivity index (χ4n) is 4.10. The number of nitrogens with zero attached hydrogens (tertiary/aromatic N) is 3. The van der Waals surface area contributed by atoms with Crippen molar-refractivity contribution >= 4 is 0 Å². The Bertz CT molecular complexity index is 870. The average Bonchev–Trinajstić information content (AvgIpc) is 3.12. The molecular weight excluding hydrogens is 337 g/mol. The van der Waals surface area contributed by atoms with E-state index in [9.17, 15) is 4.39 Å². The molecule has 0 N–H and O–H groups in total. The van der Waals surface area contributed by atoms with Gasteiger partial charge in [0.05, 0.1) is 11.9 Å². The highest BCUT2D eigenvalue weighted by atomic mass is 19.1. The highest BCUT2D eigenvalue weighted by Crippen LogP contribution is 2.35. The standard InChI is InChI=1S/C23H26FN3/c1-26(17-18-6-3-2-4-7-18)15-14-19-8-5-9-23-22(19)16-25-27(23)21-12-10-20(24)11-13-21/h2-4,6-7,10-13,16,19H,5,8-9,14-15,17H2,1H3. The van der Waals surface area contributed by atoms with E-state index in [1.165, 1.54) is 41.8 Å². The van der Waals surface area contributed by atoms with Crippen LogP contribution in [-0.4, -0.2) is 28.3 Å². The molecule has 0 spiro atoms. The number of aromatic nitrogens is 2. The van der Waals surface area contributed by atoms with E-state index < -0.39 is 0 Å². The molecule has 0 amide bonds. The largest absolute Gasteiger partial charge is 0.302 e. The summed E-state index contributed by atoms with van der Waals surface area (Å²) in [7, 11) is 2.19. The van der Waals surface area contributed by atoms with Crippen LogP contribution in [0.4, 0.5) is 4.39 Å². The summed E-state index contributed by atoms with van der Waals surface area (Å²) < 4.78 is 15.2. The minimum Gasteiger partial charge on any atom is -0.302 e. The van der Waals surface area contributed by atoms with Gasteiger partial charge in [0.25, 0.3) is 0 Å². The lowest BCUT2D eigenvalue weighted by atomic mass is 9.84. The molecule has 0 radical (unpaired) electrons. The fourth-order valence-corrected chi connectivity index (χ4v) is 4.10. The zero-order valence-electron chi connectivity index (χ0n) is 15.8. The van der Waals surface area contributed by atoms with Gasteiger partial charge in [-0.3, -0.25) is 0 Å². The van der Waals surface area contributed by atoms with Crippen molar-refractivity contribution in [2.45, 2.75) is 38.1 Å². The van der Waals surface area contributed by atoms with Crippen LogP contribution in [0.15, 0.2) is 60.8 Å². The van der Waals surface area contributed by atoms with Gasteiger partial charge in [-0.15, -0.1) is 0 Å². The van der Waals surface area contributed by atoms with Crippen molar-refractivity contribution < 1.29 is 4.39 Å².